The topological polar surface area (TPSA) is 43.3 Å². The first-order chi connectivity index (χ1) is 11.6. The second-order valence-corrected chi connectivity index (χ2v) is 5.87. The molecule has 0 aliphatic carbocycles. The molecule has 0 unspecified atom stereocenters. The van der Waals surface area contributed by atoms with E-state index in [2.05, 4.69) is 11.9 Å². The van der Waals surface area contributed by atoms with Crippen LogP contribution in [-0.4, -0.2) is 9.38 Å². The van der Waals surface area contributed by atoms with Crippen LogP contribution >= 0.6 is 0 Å². The zero-order valence-electron chi connectivity index (χ0n) is 13.2. The molecule has 2 N–H and O–H groups in total. The summed E-state index contributed by atoms with van der Waals surface area (Å²) >= 11 is 0. The number of imidazole rings is 1. The van der Waals surface area contributed by atoms with E-state index in [0.717, 1.165) is 39.3 Å². The average Bonchev–Trinajstić information content (AvgIpc) is 3.00. The molecule has 0 saturated carbocycles. The molecule has 0 fully saturated rings. The number of nitrogen functional groups attached to an aromatic ring is 1. The molecule has 4 heteroatoms. The van der Waals surface area contributed by atoms with Gasteiger partial charge < -0.3 is 5.73 Å². The van der Waals surface area contributed by atoms with Crippen LogP contribution in [0.15, 0.2) is 67.0 Å². The molecule has 0 spiro atoms. The van der Waals surface area contributed by atoms with Crippen molar-refractivity contribution in [1.29, 1.82) is 0 Å². The van der Waals surface area contributed by atoms with Gasteiger partial charge >= 0.3 is 0 Å². The van der Waals surface area contributed by atoms with Gasteiger partial charge in [0, 0.05) is 17.4 Å². The zero-order chi connectivity index (χ0) is 16.7. The van der Waals surface area contributed by atoms with Gasteiger partial charge in [-0.05, 0) is 60.0 Å². The summed E-state index contributed by atoms with van der Waals surface area (Å²) in [6.45, 7) is 2.06. The lowest BCUT2D eigenvalue weighted by Crippen LogP contribution is -1.93. The van der Waals surface area contributed by atoms with Crippen molar-refractivity contribution < 1.29 is 4.39 Å². The largest absolute Gasteiger partial charge is 0.399 e. The third-order valence-electron chi connectivity index (χ3n) is 4.23. The molecule has 2 aromatic carbocycles. The molecule has 24 heavy (non-hydrogen) atoms. The van der Waals surface area contributed by atoms with Gasteiger partial charge in [-0.3, -0.25) is 4.40 Å². The standard InChI is InChI=1S/C20H16FN3/c1-13-2-7-17(22)11-18(13)19-12-23-20-10-15(8-9-24(19)20)14-3-5-16(21)6-4-14/h2-12H,22H2,1H3. The molecule has 0 aliphatic rings. The molecule has 2 aromatic heterocycles. The van der Waals surface area contributed by atoms with Crippen LogP contribution in [0, 0.1) is 12.7 Å². The molecule has 4 rings (SSSR count). The van der Waals surface area contributed by atoms with Gasteiger partial charge in [0.2, 0.25) is 0 Å². The van der Waals surface area contributed by atoms with E-state index in [-0.39, 0.29) is 5.82 Å². The van der Waals surface area contributed by atoms with Crippen LogP contribution in [0.1, 0.15) is 5.56 Å². The summed E-state index contributed by atoms with van der Waals surface area (Å²) in [5, 5.41) is 0. The van der Waals surface area contributed by atoms with Gasteiger partial charge in [-0.25, -0.2) is 9.37 Å². The number of hydrogen-bond donors (Lipinski definition) is 1. The normalized spacial score (nSPS) is 11.1. The SMILES string of the molecule is Cc1ccc(N)cc1-c1cnc2cc(-c3ccc(F)cc3)ccn12. The van der Waals surface area contributed by atoms with Crippen LogP contribution in [-0.2, 0) is 0 Å². The van der Waals surface area contributed by atoms with Crippen molar-refractivity contribution in [3.8, 4) is 22.4 Å². The second-order valence-electron chi connectivity index (χ2n) is 5.87. The second kappa shape index (κ2) is 5.49. The van der Waals surface area contributed by atoms with E-state index < -0.39 is 0 Å². The molecule has 0 radical (unpaired) electrons. The molecule has 2 heterocycles. The lowest BCUT2D eigenvalue weighted by atomic mass is 10.0. The fraction of sp³-hybridized carbons (Fsp3) is 0.0500. The van der Waals surface area contributed by atoms with Crippen molar-refractivity contribution >= 4 is 11.3 Å². The van der Waals surface area contributed by atoms with Gasteiger partial charge in [-0.15, -0.1) is 0 Å². The summed E-state index contributed by atoms with van der Waals surface area (Å²) < 4.78 is 15.1. The number of halogens is 1. The van der Waals surface area contributed by atoms with Crippen LogP contribution in [0.2, 0.25) is 0 Å². The van der Waals surface area contributed by atoms with Crippen molar-refractivity contribution in [1.82, 2.24) is 9.38 Å². The van der Waals surface area contributed by atoms with Gasteiger partial charge in [0.05, 0.1) is 11.9 Å². The van der Waals surface area contributed by atoms with E-state index in [0.29, 0.717) is 0 Å². The first-order valence-corrected chi connectivity index (χ1v) is 7.71. The number of fused-ring (bicyclic) bond motifs is 1. The van der Waals surface area contributed by atoms with E-state index in [1.54, 1.807) is 12.1 Å². The van der Waals surface area contributed by atoms with Crippen molar-refractivity contribution in [2.24, 2.45) is 0 Å². The Morgan fingerprint density at radius 1 is 0.958 bits per heavy atom. The van der Waals surface area contributed by atoms with E-state index in [4.69, 9.17) is 5.73 Å². The van der Waals surface area contributed by atoms with E-state index in [1.807, 2.05) is 47.1 Å². The van der Waals surface area contributed by atoms with Crippen LogP contribution in [0.5, 0.6) is 0 Å². The molecular formula is C20H16FN3. The van der Waals surface area contributed by atoms with Crippen LogP contribution in [0.4, 0.5) is 10.1 Å². The molecule has 0 saturated heterocycles. The molecule has 3 nitrogen and oxygen atoms in total. The lowest BCUT2D eigenvalue weighted by Gasteiger charge is -2.08. The highest BCUT2D eigenvalue weighted by atomic mass is 19.1. The predicted molar refractivity (Wildman–Crippen MR) is 95.2 cm³/mol. The molecule has 0 atom stereocenters. The molecule has 0 aliphatic heterocycles. The van der Waals surface area contributed by atoms with Gasteiger partial charge in [-0.1, -0.05) is 18.2 Å². The minimum atomic E-state index is -0.236. The summed E-state index contributed by atoms with van der Waals surface area (Å²) in [5.74, 6) is -0.236. The Hall–Kier alpha value is -3.14. The summed E-state index contributed by atoms with van der Waals surface area (Å²) in [7, 11) is 0. The molecule has 118 valence electrons. The fourth-order valence-corrected chi connectivity index (χ4v) is 2.92. The Morgan fingerprint density at radius 2 is 1.75 bits per heavy atom. The molecule has 0 amide bonds. The van der Waals surface area contributed by atoms with Gasteiger partial charge in [0.1, 0.15) is 11.5 Å². The number of rotatable bonds is 2. The lowest BCUT2D eigenvalue weighted by molar-refractivity contribution is 0.628. The smallest absolute Gasteiger partial charge is 0.137 e. The van der Waals surface area contributed by atoms with Crippen molar-refractivity contribution in [3.63, 3.8) is 0 Å². The Bertz CT molecular complexity index is 1030. The highest BCUT2D eigenvalue weighted by Gasteiger charge is 2.10. The van der Waals surface area contributed by atoms with Crippen LogP contribution in [0.25, 0.3) is 28.0 Å². The third-order valence-corrected chi connectivity index (χ3v) is 4.23. The Balaban J connectivity index is 1.84. The van der Waals surface area contributed by atoms with Gasteiger partial charge in [0.25, 0.3) is 0 Å². The highest BCUT2D eigenvalue weighted by molar-refractivity contribution is 5.73. The maximum atomic E-state index is 13.1. The summed E-state index contributed by atoms with van der Waals surface area (Å²) in [6, 6.07) is 16.4. The molecular weight excluding hydrogens is 301 g/mol. The highest BCUT2D eigenvalue weighted by Crippen LogP contribution is 2.28. The fourth-order valence-electron chi connectivity index (χ4n) is 2.92. The summed E-state index contributed by atoms with van der Waals surface area (Å²) in [6.07, 6.45) is 3.84. The van der Waals surface area contributed by atoms with Crippen molar-refractivity contribution in [2.75, 3.05) is 5.73 Å². The van der Waals surface area contributed by atoms with Crippen molar-refractivity contribution in [3.05, 3.63) is 78.4 Å². The third kappa shape index (κ3) is 2.42. The van der Waals surface area contributed by atoms with Crippen LogP contribution < -0.4 is 5.73 Å². The number of aryl methyl sites for hydroxylation is 1. The number of nitrogens with two attached hydrogens (primary N) is 1. The number of anilines is 1. The summed E-state index contributed by atoms with van der Waals surface area (Å²) in [5.41, 5.74) is 12.7. The minimum Gasteiger partial charge on any atom is -0.399 e. The average molecular weight is 317 g/mol. The predicted octanol–water partition coefficient (Wildman–Crippen LogP) is 4.70. The summed E-state index contributed by atoms with van der Waals surface area (Å²) in [4.78, 5) is 4.52. The maximum absolute atomic E-state index is 13.1. The zero-order valence-corrected chi connectivity index (χ0v) is 13.2. The minimum absolute atomic E-state index is 0.236. The first-order valence-electron chi connectivity index (χ1n) is 7.71. The quantitative estimate of drug-likeness (QED) is 0.545. The number of pyridine rings is 1. The number of benzene rings is 2. The van der Waals surface area contributed by atoms with Crippen molar-refractivity contribution in [2.45, 2.75) is 6.92 Å². The molecule has 4 aromatic rings. The van der Waals surface area contributed by atoms with E-state index in [9.17, 15) is 4.39 Å². The maximum Gasteiger partial charge on any atom is 0.137 e. The Kier molecular flexibility index (Phi) is 3.31. The Labute approximate surface area is 139 Å². The number of nitrogens with zero attached hydrogens (tertiary/aromatic N) is 2. The van der Waals surface area contributed by atoms with Crippen LogP contribution in [0.3, 0.4) is 0 Å². The van der Waals surface area contributed by atoms with Gasteiger partial charge in [-0.2, -0.15) is 0 Å². The van der Waals surface area contributed by atoms with Gasteiger partial charge in [0.15, 0.2) is 0 Å². The monoisotopic (exact) mass is 317 g/mol. The number of hydrogen-bond acceptors (Lipinski definition) is 2. The van der Waals surface area contributed by atoms with E-state index >= 15 is 0 Å². The Morgan fingerprint density at radius 3 is 2.54 bits per heavy atom. The number of aromatic nitrogens is 2. The van der Waals surface area contributed by atoms with E-state index in [1.165, 1.54) is 12.1 Å². The first kappa shape index (κ1) is 14.5. The molecule has 0 bridgehead atoms.